The van der Waals surface area contributed by atoms with Crippen LogP contribution in [0.4, 0.5) is 5.82 Å². The number of hydrogen-bond acceptors (Lipinski definition) is 6. The lowest BCUT2D eigenvalue weighted by molar-refractivity contribution is 0.159. The van der Waals surface area contributed by atoms with Gasteiger partial charge in [0, 0.05) is 63.1 Å². The van der Waals surface area contributed by atoms with Crippen LogP contribution in [0.5, 0.6) is 0 Å². The number of anilines is 1. The molecule has 0 spiro atoms. The Morgan fingerprint density at radius 1 is 1.11 bits per heavy atom. The number of oxime groups is 1. The molecule has 3 heterocycles. The van der Waals surface area contributed by atoms with Gasteiger partial charge in [-0.05, 0) is 24.6 Å². The third-order valence-corrected chi connectivity index (χ3v) is 7.00. The van der Waals surface area contributed by atoms with E-state index in [-0.39, 0.29) is 17.9 Å². The Morgan fingerprint density at radius 2 is 1.84 bits per heavy atom. The molecule has 4 aromatic rings. The number of guanidine groups is 1. The van der Waals surface area contributed by atoms with Crippen molar-refractivity contribution < 1.29 is 9.94 Å². The molecule has 1 saturated heterocycles. The molecule has 0 unspecified atom stereocenters. The maximum Gasteiger partial charge on any atom is 0.239 e. The zero-order valence-electron chi connectivity index (χ0n) is 22.0. The van der Waals surface area contributed by atoms with E-state index < -0.39 is 0 Å². The zero-order valence-corrected chi connectivity index (χ0v) is 22.0. The van der Waals surface area contributed by atoms with Gasteiger partial charge in [-0.15, -0.1) is 0 Å². The molecule has 0 saturated carbocycles. The lowest BCUT2D eigenvalue weighted by Crippen LogP contribution is -2.43. The Kier molecular flexibility index (Phi) is 7.71. The normalized spacial score (nSPS) is 18.1. The van der Waals surface area contributed by atoms with Crippen molar-refractivity contribution in [2.24, 2.45) is 12.2 Å². The number of nitrogens with zero attached hydrogens (tertiary/aromatic N) is 6. The van der Waals surface area contributed by atoms with Gasteiger partial charge in [0.15, 0.2) is 0 Å². The summed E-state index contributed by atoms with van der Waals surface area (Å²) in [6.07, 6.45) is 3.73. The lowest BCUT2D eigenvalue weighted by atomic mass is 9.94. The summed E-state index contributed by atoms with van der Waals surface area (Å²) in [5.41, 5.74) is 4.76. The Labute approximate surface area is 222 Å². The number of aryl methyl sites for hydroxylation is 1. The first-order valence-corrected chi connectivity index (χ1v) is 12.7. The van der Waals surface area contributed by atoms with Crippen molar-refractivity contribution in [1.82, 2.24) is 29.8 Å². The molecule has 3 N–H and O–H groups in total. The summed E-state index contributed by atoms with van der Waals surface area (Å²) in [5.74, 6) is 1.20. The number of para-hydroxylation sites is 1. The van der Waals surface area contributed by atoms with E-state index >= 15 is 0 Å². The van der Waals surface area contributed by atoms with E-state index in [2.05, 4.69) is 50.1 Å². The Morgan fingerprint density at radius 3 is 2.50 bits per heavy atom. The van der Waals surface area contributed by atoms with E-state index in [1.54, 1.807) is 18.0 Å². The maximum absolute atomic E-state index is 10.1. The van der Waals surface area contributed by atoms with Crippen molar-refractivity contribution in [3.63, 3.8) is 0 Å². The van der Waals surface area contributed by atoms with Gasteiger partial charge in [0.2, 0.25) is 5.96 Å². The van der Waals surface area contributed by atoms with E-state index in [1.807, 2.05) is 61.2 Å². The molecule has 1 aliphatic rings. The maximum atomic E-state index is 10.1. The first-order chi connectivity index (χ1) is 18.6. The zero-order chi connectivity index (χ0) is 26.5. The van der Waals surface area contributed by atoms with Crippen molar-refractivity contribution in [2.45, 2.75) is 18.9 Å². The van der Waals surface area contributed by atoms with Crippen LogP contribution in [0, 0.1) is 6.92 Å². The number of methoxy groups -OCH3 is 1. The summed E-state index contributed by atoms with van der Waals surface area (Å²) >= 11 is 0. The summed E-state index contributed by atoms with van der Waals surface area (Å²) < 4.78 is 8.90. The second kappa shape index (κ2) is 11.5. The molecule has 2 atom stereocenters. The van der Waals surface area contributed by atoms with Crippen LogP contribution in [-0.4, -0.2) is 75.0 Å². The van der Waals surface area contributed by atoms with Gasteiger partial charge in [-0.3, -0.25) is 9.58 Å². The number of rotatable bonds is 8. The topological polar surface area (TPSA) is 105 Å². The Bertz CT molecular complexity index is 1370. The van der Waals surface area contributed by atoms with Crippen LogP contribution in [0.1, 0.15) is 17.0 Å². The molecule has 5 rings (SSSR count). The molecular weight excluding hydrogens is 480 g/mol. The van der Waals surface area contributed by atoms with E-state index in [1.165, 1.54) is 5.56 Å². The molecule has 2 aromatic heterocycles. The fourth-order valence-electron chi connectivity index (χ4n) is 5.07. The summed E-state index contributed by atoms with van der Waals surface area (Å²) in [7, 11) is 3.60. The monoisotopic (exact) mass is 514 g/mol. The average Bonchev–Trinajstić information content (AvgIpc) is 3.65. The highest BCUT2D eigenvalue weighted by molar-refractivity contribution is 5.94. The smallest absolute Gasteiger partial charge is 0.239 e. The fraction of sp³-hybridized carbons (Fsp3) is 0.321. The van der Waals surface area contributed by atoms with Crippen LogP contribution in [0.2, 0.25) is 0 Å². The third-order valence-electron chi connectivity index (χ3n) is 7.00. The second-order valence-corrected chi connectivity index (χ2v) is 9.57. The van der Waals surface area contributed by atoms with Gasteiger partial charge in [0.05, 0.1) is 18.5 Å². The van der Waals surface area contributed by atoms with Gasteiger partial charge in [-0.2, -0.15) is 10.2 Å². The quantitative estimate of drug-likeness (QED) is 0.143. The second-order valence-electron chi connectivity index (χ2n) is 9.57. The van der Waals surface area contributed by atoms with Crippen molar-refractivity contribution >= 4 is 11.8 Å². The highest BCUT2D eigenvalue weighted by atomic mass is 16.5. The molecule has 0 amide bonds. The number of aromatic nitrogens is 4. The molecule has 10 heteroatoms. The minimum atomic E-state index is 0.0267. The summed E-state index contributed by atoms with van der Waals surface area (Å²) in [6, 6.07) is 20.4. The van der Waals surface area contributed by atoms with E-state index in [0.29, 0.717) is 12.4 Å². The van der Waals surface area contributed by atoms with Crippen LogP contribution in [0.3, 0.4) is 0 Å². The van der Waals surface area contributed by atoms with Gasteiger partial charge >= 0.3 is 0 Å². The van der Waals surface area contributed by atoms with Crippen molar-refractivity contribution in [1.29, 1.82) is 0 Å². The first kappa shape index (κ1) is 25.5. The van der Waals surface area contributed by atoms with Crippen molar-refractivity contribution in [3.8, 4) is 16.9 Å². The minimum absolute atomic E-state index is 0.0267. The van der Waals surface area contributed by atoms with Gasteiger partial charge in [0.1, 0.15) is 11.5 Å². The van der Waals surface area contributed by atoms with Gasteiger partial charge < -0.3 is 20.6 Å². The third kappa shape index (κ3) is 5.41. The average molecular weight is 515 g/mol. The van der Waals surface area contributed by atoms with E-state index in [0.717, 1.165) is 42.1 Å². The Hall–Kier alpha value is -4.15. The number of ether oxygens (including phenoxy) is 1. The fourth-order valence-corrected chi connectivity index (χ4v) is 5.07. The molecule has 0 radical (unpaired) electrons. The summed E-state index contributed by atoms with van der Waals surface area (Å²) in [6.45, 7) is 5.18. The van der Waals surface area contributed by atoms with Crippen LogP contribution >= 0.6 is 0 Å². The number of likely N-dealkylation sites (tertiary alicyclic amines) is 1. The molecule has 0 bridgehead atoms. The number of benzene rings is 2. The molecule has 1 aliphatic heterocycles. The van der Waals surface area contributed by atoms with Crippen molar-refractivity contribution in [2.75, 3.05) is 38.7 Å². The summed E-state index contributed by atoms with van der Waals surface area (Å²) in [5, 5.41) is 29.7. The Balaban J connectivity index is 1.44. The minimum Gasteiger partial charge on any atom is -0.408 e. The predicted octanol–water partition coefficient (Wildman–Crippen LogP) is 3.44. The predicted molar refractivity (Wildman–Crippen MR) is 148 cm³/mol. The molecule has 198 valence electrons. The van der Waals surface area contributed by atoms with Gasteiger partial charge in [-0.25, -0.2) is 4.68 Å². The first-order valence-electron chi connectivity index (χ1n) is 12.7. The number of hydrogen-bond donors (Lipinski definition) is 3. The van der Waals surface area contributed by atoms with Crippen LogP contribution in [0.25, 0.3) is 16.9 Å². The SMILES string of the molecule is COCCN1C[C@@H](N/C(=N\O)Nc2c(C)c(-c3cnn(C)c3)nn2-c2ccccc2)[C@H](c2ccccc2)C1. The molecular formula is C28H34N8O2. The van der Waals surface area contributed by atoms with Gasteiger partial charge in [0.25, 0.3) is 0 Å². The molecule has 1 fully saturated rings. The molecule has 38 heavy (non-hydrogen) atoms. The molecule has 2 aromatic carbocycles. The van der Waals surface area contributed by atoms with Gasteiger partial charge in [-0.1, -0.05) is 53.7 Å². The van der Waals surface area contributed by atoms with Crippen LogP contribution < -0.4 is 10.6 Å². The highest BCUT2D eigenvalue weighted by Crippen LogP contribution is 2.31. The lowest BCUT2D eigenvalue weighted by Gasteiger charge is -2.22. The largest absolute Gasteiger partial charge is 0.408 e. The standard InChI is InChI=1S/C28H34N8O2/c1-20-26(22-16-29-34(2)17-22)32-36(23-12-8-5-9-13-23)27(20)31-28(33-37)30-25-19-35(14-15-38-3)18-24(25)21-10-6-4-7-11-21/h4-13,16-17,24-25,37H,14-15,18-19H2,1-3H3,(H2,30,31,33)/t24-,25+/m0/s1. The van der Waals surface area contributed by atoms with E-state index in [4.69, 9.17) is 9.84 Å². The number of nitrogens with one attached hydrogen (secondary N) is 2. The molecule has 0 aliphatic carbocycles. The highest BCUT2D eigenvalue weighted by Gasteiger charge is 2.34. The van der Waals surface area contributed by atoms with Crippen LogP contribution in [0.15, 0.2) is 78.2 Å². The summed E-state index contributed by atoms with van der Waals surface area (Å²) in [4.78, 5) is 2.37. The van der Waals surface area contributed by atoms with E-state index in [9.17, 15) is 5.21 Å². The van der Waals surface area contributed by atoms with Crippen molar-refractivity contribution in [3.05, 3.63) is 84.2 Å². The molecule has 10 nitrogen and oxygen atoms in total. The van der Waals surface area contributed by atoms with Crippen LogP contribution in [-0.2, 0) is 11.8 Å².